The molecule has 0 bridgehead atoms. The van der Waals surface area contributed by atoms with Crippen LogP contribution in [0.1, 0.15) is 19.4 Å². The molecule has 1 aromatic heterocycles. The van der Waals surface area contributed by atoms with Crippen LogP contribution in [0.5, 0.6) is 0 Å². The van der Waals surface area contributed by atoms with Gasteiger partial charge in [-0.15, -0.1) is 10.2 Å². The Morgan fingerprint density at radius 1 is 1.15 bits per heavy atom. The highest BCUT2D eigenvalue weighted by atomic mass is 32.2. The maximum Gasteiger partial charge on any atom is 0.230 e. The lowest BCUT2D eigenvalue weighted by Crippen LogP contribution is -2.31. The number of aromatic nitrogens is 3. The first-order valence-electron chi connectivity index (χ1n) is 8.65. The molecule has 1 heterocycles. The first-order chi connectivity index (χ1) is 13.0. The van der Waals surface area contributed by atoms with E-state index in [1.54, 1.807) is 22.8 Å². The molecule has 0 fully saturated rings. The fourth-order valence-corrected chi connectivity index (χ4v) is 3.36. The van der Waals surface area contributed by atoms with E-state index >= 15 is 0 Å². The summed E-state index contributed by atoms with van der Waals surface area (Å²) in [5.41, 5.74) is 2.30. The van der Waals surface area contributed by atoms with Crippen molar-refractivity contribution in [3.05, 3.63) is 59.9 Å². The maximum absolute atomic E-state index is 14.3. The van der Waals surface area contributed by atoms with Gasteiger partial charge >= 0.3 is 0 Å². The summed E-state index contributed by atoms with van der Waals surface area (Å²) in [4.78, 5) is 12.0. The number of rotatable bonds is 6. The lowest BCUT2D eigenvalue weighted by molar-refractivity contribution is -0.119. The van der Waals surface area contributed by atoms with Crippen molar-refractivity contribution in [2.24, 2.45) is 0 Å². The minimum atomic E-state index is -0.368. The number of aryl methyl sites for hydroxylation is 1. The molecular weight excluding hydrogens is 363 g/mol. The fraction of sp³-hybridized carbons (Fsp3) is 0.250. The van der Waals surface area contributed by atoms with Gasteiger partial charge in [0.25, 0.3) is 0 Å². The number of hydrogen-bond acceptors (Lipinski definition) is 4. The Labute approximate surface area is 162 Å². The van der Waals surface area contributed by atoms with Crippen LogP contribution in [0.15, 0.2) is 53.7 Å². The lowest BCUT2D eigenvalue weighted by atomic mass is 10.2. The Bertz CT molecular complexity index is 937. The lowest BCUT2D eigenvalue weighted by Gasteiger charge is -2.12. The van der Waals surface area contributed by atoms with E-state index in [2.05, 4.69) is 15.5 Å². The van der Waals surface area contributed by atoms with Crippen LogP contribution in [0.25, 0.3) is 17.1 Å². The van der Waals surface area contributed by atoms with E-state index < -0.39 is 0 Å². The van der Waals surface area contributed by atoms with Gasteiger partial charge in [-0.2, -0.15) is 0 Å². The van der Waals surface area contributed by atoms with E-state index in [0.29, 0.717) is 16.5 Å². The van der Waals surface area contributed by atoms with Crippen LogP contribution in [-0.2, 0) is 4.79 Å². The highest BCUT2D eigenvalue weighted by molar-refractivity contribution is 7.99. The second kappa shape index (κ2) is 8.35. The van der Waals surface area contributed by atoms with E-state index in [1.807, 2.05) is 45.0 Å². The van der Waals surface area contributed by atoms with Crippen molar-refractivity contribution in [2.45, 2.75) is 32.0 Å². The first-order valence-corrected chi connectivity index (χ1v) is 9.64. The third-order valence-electron chi connectivity index (χ3n) is 3.82. The summed E-state index contributed by atoms with van der Waals surface area (Å²) in [6.07, 6.45) is 0. The summed E-state index contributed by atoms with van der Waals surface area (Å²) in [5.74, 6) is 0.163. The third-order valence-corrected chi connectivity index (χ3v) is 4.75. The molecule has 0 spiro atoms. The standard InChI is InChI=1S/C20H21FN4OS/c1-13(2)22-18(26)12-27-20-24-23-19(16-6-4-5-7-17(16)21)25(20)15-10-8-14(3)9-11-15/h4-11,13H,12H2,1-3H3,(H,22,26). The molecule has 0 saturated heterocycles. The smallest absolute Gasteiger partial charge is 0.230 e. The molecular formula is C20H21FN4OS. The molecule has 140 valence electrons. The minimum Gasteiger partial charge on any atom is -0.353 e. The van der Waals surface area contributed by atoms with E-state index in [-0.39, 0.29) is 23.5 Å². The number of nitrogens with one attached hydrogen (secondary N) is 1. The molecule has 7 heteroatoms. The Balaban J connectivity index is 2.00. The Hall–Kier alpha value is -2.67. The predicted molar refractivity (Wildman–Crippen MR) is 105 cm³/mol. The number of hydrogen-bond donors (Lipinski definition) is 1. The Kier molecular flexibility index (Phi) is 5.91. The summed E-state index contributed by atoms with van der Waals surface area (Å²) >= 11 is 1.27. The summed E-state index contributed by atoms with van der Waals surface area (Å²) in [5, 5.41) is 11.8. The van der Waals surface area contributed by atoms with E-state index in [1.165, 1.54) is 17.8 Å². The fourth-order valence-electron chi connectivity index (χ4n) is 2.60. The van der Waals surface area contributed by atoms with Gasteiger partial charge in [-0.05, 0) is 45.0 Å². The number of carbonyl (C=O) groups is 1. The average molecular weight is 384 g/mol. The van der Waals surface area contributed by atoms with Gasteiger partial charge in [-0.1, -0.05) is 41.6 Å². The quantitative estimate of drug-likeness (QED) is 0.653. The third kappa shape index (κ3) is 4.54. The number of nitrogens with zero attached hydrogens (tertiary/aromatic N) is 3. The number of halogens is 1. The normalized spacial score (nSPS) is 11.0. The van der Waals surface area contributed by atoms with Crippen molar-refractivity contribution in [1.82, 2.24) is 20.1 Å². The molecule has 0 aliphatic rings. The molecule has 27 heavy (non-hydrogen) atoms. The van der Waals surface area contributed by atoms with Crippen molar-refractivity contribution < 1.29 is 9.18 Å². The number of benzene rings is 2. The first kappa shape index (κ1) is 19.1. The van der Waals surface area contributed by atoms with Crippen molar-refractivity contribution in [2.75, 3.05) is 5.75 Å². The van der Waals surface area contributed by atoms with Gasteiger partial charge in [-0.3, -0.25) is 9.36 Å². The predicted octanol–water partition coefficient (Wildman–Crippen LogP) is 4.00. The highest BCUT2D eigenvalue weighted by Gasteiger charge is 2.19. The maximum atomic E-state index is 14.3. The summed E-state index contributed by atoms with van der Waals surface area (Å²) in [6.45, 7) is 5.82. The van der Waals surface area contributed by atoms with E-state index in [9.17, 15) is 9.18 Å². The molecule has 3 rings (SSSR count). The Morgan fingerprint density at radius 3 is 2.52 bits per heavy atom. The zero-order valence-corrected chi connectivity index (χ0v) is 16.3. The largest absolute Gasteiger partial charge is 0.353 e. The van der Waals surface area contributed by atoms with E-state index in [4.69, 9.17) is 0 Å². The van der Waals surface area contributed by atoms with Crippen LogP contribution < -0.4 is 5.32 Å². The minimum absolute atomic E-state index is 0.0713. The Morgan fingerprint density at radius 2 is 1.85 bits per heavy atom. The SMILES string of the molecule is Cc1ccc(-n2c(SCC(=O)NC(C)C)nnc2-c2ccccc2F)cc1. The van der Waals surface area contributed by atoms with Crippen LogP contribution in [0.2, 0.25) is 0 Å². The zero-order chi connectivity index (χ0) is 19.4. The van der Waals surface area contributed by atoms with Gasteiger partial charge in [0.05, 0.1) is 11.3 Å². The van der Waals surface area contributed by atoms with Crippen molar-refractivity contribution in [1.29, 1.82) is 0 Å². The summed E-state index contributed by atoms with van der Waals surface area (Å²) in [6, 6.07) is 14.3. The van der Waals surface area contributed by atoms with Gasteiger partial charge in [0, 0.05) is 11.7 Å². The van der Waals surface area contributed by atoms with Crippen molar-refractivity contribution in [3.8, 4) is 17.1 Å². The molecule has 2 aromatic carbocycles. The number of thioether (sulfide) groups is 1. The molecule has 5 nitrogen and oxygen atoms in total. The van der Waals surface area contributed by atoms with E-state index in [0.717, 1.165) is 11.3 Å². The monoisotopic (exact) mass is 384 g/mol. The van der Waals surface area contributed by atoms with Gasteiger partial charge in [0.15, 0.2) is 11.0 Å². The van der Waals surface area contributed by atoms with Crippen LogP contribution in [-0.4, -0.2) is 32.5 Å². The highest BCUT2D eigenvalue weighted by Crippen LogP contribution is 2.29. The van der Waals surface area contributed by atoms with Crippen molar-refractivity contribution in [3.63, 3.8) is 0 Å². The molecule has 0 saturated carbocycles. The average Bonchev–Trinajstić information content (AvgIpc) is 3.04. The number of carbonyl (C=O) groups excluding carboxylic acids is 1. The molecule has 0 aliphatic heterocycles. The van der Waals surface area contributed by atoms with Gasteiger partial charge in [0.2, 0.25) is 5.91 Å². The van der Waals surface area contributed by atoms with Gasteiger partial charge < -0.3 is 5.32 Å². The van der Waals surface area contributed by atoms with Crippen LogP contribution in [0, 0.1) is 12.7 Å². The van der Waals surface area contributed by atoms with Gasteiger partial charge in [-0.25, -0.2) is 4.39 Å². The summed E-state index contributed by atoms with van der Waals surface area (Å²) < 4.78 is 16.1. The molecule has 0 radical (unpaired) electrons. The molecule has 3 aromatic rings. The van der Waals surface area contributed by atoms with Crippen LogP contribution in [0.3, 0.4) is 0 Å². The molecule has 0 unspecified atom stereocenters. The molecule has 0 atom stereocenters. The number of amides is 1. The zero-order valence-electron chi connectivity index (χ0n) is 15.4. The van der Waals surface area contributed by atoms with Crippen LogP contribution >= 0.6 is 11.8 Å². The van der Waals surface area contributed by atoms with Crippen molar-refractivity contribution >= 4 is 17.7 Å². The molecule has 1 N–H and O–H groups in total. The second-order valence-electron chi connectivity index (χ2n) is 6.47. The summed E-state index contributed by atoms with van der Waals surface area (Å²) in [7, 11) is 0. The topological polar surface area (TPSA) is 59.8 Å². The van der Waals surface area contributed by atoms with Gasteiger partial charge in [0.1, 0.15) is 5.82 Å². The molecule has 1 amide bonds. The second-order valence-corrected chi connectivity index (χ2v) is 7.41. The molecule has 0 aliphatic carbocycles. The van der Waals surface area contributed by atoms with Crippen LogP contribution in [0.4, 0.5) is 4.39 Å².